The van der Waals surface area contributed by atoms with Gasteiger partial charge in [0.2, 0.25) is 0 Å². The number of hydrogen-bond donors (Lipinski definition) is 2. The van der Waals surface area contributed by atoms with Crippen LogP contribution in [0.3, 0.4) is 0 Å². The summed E-state index contributed by atoms with van der Waals surface area (Å²) < 4.78 is 5.81. The van der Waals surface area contributed by atoms with Crippen LogP contribution in [-0.2, 0) is 0 Å². The van der Waals surface area contributed by atoms with Crippen molar-refractivity contribution >= 4 is 23.5 Å². The van der Waals surface area contributed by atoms with Crippen molar-refractivity contribution in [1.82, 2.24) is 10.7 Å². The van der Waals surface area contributed by atoms with Crippen LogP contribution < -0.4 is 15.5 Å². The number of rotatable bonds is 6. The maximum atomic E-state index is 5.81. The molecule has 126 valence electrons. The van der Waals surface area contributed by atoms with Gasteiger partial charge in [-0.2, -0.15) is 5.10 Å². The summed E-state index contributed by atoms with van der Waals surface area (Å²) in [7, 11) is 0. The summed E-state index contributed by atoms with van der Waals surface area (Å²) in [6.45, 7) is 4.96. The predicted octanol–water partition coefficient (Wildman–Crippen LogP) is 3.85. The summed E-state index contributed by atoms with van der Waals surface area (Å²) in [4.78, 5) is 0. The maximum absolute atomic E-state index is 5.81. The van der Waals surface area contributed by atoms with Crippen LogP contribution in [0.15, 0.2) is 29.4 Å². The number of nitrogens with zero attached hydrogens (tertiary/aromatic N) is 1. The van der Waals surface area contributed by atoms with Gasteiger partial charge in [0, 0.05) is 11.6 Å². The van der Waals surface area contributed by atoms with Crippen LogP contribution >= 0.6 is 12.2 Å². The van der Waals surface area contributed by atoms with E-state index < -0.39 is 0 Å². The molecule has 0 amide bonds. The fourth-order valence-electron chi connectivity index (χ4n) is 2.60. The first kappa shape index (κ1) is 17.7. The van der Waals surface area contributed by atoms with Crippen molar-refractivity contribution in [2.75, 3.05) is 6.61 Å². The van der Waals surface area contributed by atoms with Crippen molar-refractivity contribution in [3.8, 4) is 5.75 Å². The molecule has 1 aromatic carbocycles. The minimum Gasteiger partial charge on any atom is -0.493 e. The molecule has 1 fully saturated rings. The molecular formula is C18H27N3OS. The van der Waals surface area contributed by atoms with Gasteiger partial charge in [0.15, 0.2) is 5.11 Å². The van der Waals surface area contributed by atoms with Crippen LogP contribution in [-0.4, -0.2) is 24.0 Å². The normalized spacial score (nSPS) is 15.8. The van der Waals surface area contributed by atoms with E-state index in [1.165, 1.54) is 32.1 Å². The summed E-state index contributed by atoms with van der Waals surface area (Å²) >= 11 is 5.30. The Balaban J connectivity index is 1.83. The summed E-state index contributed by atoms with van der Waals surface area (Å²) in [5, 5.41) is 8.16. The number of hydrogen-bond acceptors (Lipinski definition) is 3. The second-order valence-corrected chi connectivity index (χ2v) is 6.83. The van der Waals surface area contributed by atoms with Gasteiger partial charge in [-0.3, -0.25) is 5.43 Å². The van der Waals surface area contributed by atoms with Gasteiger partial charge in [-0.25, -0.2) is 0 Å². The highest BCUT2D eigenvalue weighted by Gasteiger charge is 2.13. The van der Waals surface area contributed by atoms with Gasteiger partial charge in [0.1, 0.15) is 5.75 Å². The van der Waals surface area contributed by atoms with Crippen molar-refractivity contribution < 1.29 is 4.74 Å². The largest absolute Gasteiger partial charge is 0.493 e. The van der Waals surface area contributed by atoms with E-state index in [1.807, 2.05) is 24.3 Å². The lowest BCUT2D eigenvalue weighted by molar-refractivity contribution is 0.270. The zero-order valence-corrected chi connectivity index (χ0v) is 14.9. The van der Waals surface area contributed by atoms with Crippen LogP contribution in [0.5, 0.6) is 5.75 Å². The van der Waals surface area contributed by atoms with E-state index in [9.17, 15) is 0 Å². The molecule has 4 nitrogen and oxygen atoms in total. The summed E-state index contributed by atoms with van der Waals surface area (Å²) in [6.07, 6.45) is 8.04. The molecule has 0 heterocycles. The zero-order chi connectivity index (χ0) is 16.5. The van der Waals surface area contributed by atoms with Gasteiger partial charge < -0.3 is 10.1 Å². The Kier molecular flexibility index (Phi) is 7.33. The highest BCUT2D eigenvalue weighted by Crippen LogP contribution is 2.18. The molecule has 1 aliphatic rings. The lowest BCUT2D eigenvalue weighted by atomic mass is 9.96. The van der Waals surface area contributed by atoms with E-state index in [4.69, 9.17) is 17.0 Å². The predicted molar refractivity (Wildman–Crippen MR) is 100 cm³/mol. The number of ether oxygens (including phenoxy) is 1. The molecule has 0 bridgehead atoms. The third kappa shape index (κ3) is 6.57. The van der Waals surface area contributed by atoms with Crippen LogP contribution in [0.25, 0.3) is 0 Å². The zero-order valence-electron chi connectivity index (χ0n) is 14.0. The molecule has 0 saturated heterocycles. The molecule has 2 N–H and O–H groups in total. The molecule has 1 saturated carbocycles. The highest BCUT2D eigenvalue weighted by molar-refractivity contribution is 7.80. The Morgan fingerprint density at radius 3 is 2.78 bits per heavy atom. The molecular weight excluding hydrogens is 306 g/mol. The Bertz CT molecular complexity index is 525. The van der Waals surface area contributed by atoms with Gasteiger partial charge in [-0.05, 0) is 43.1 Å². The molecule has 2 rings (SSSR count). The fraction of sp³-hybridized carbons (Fsp3) is 0.556. The molecule has 1 aromatic rings. The van der Waals surface area contributed by atoms with Crippen molar-refractivity contribution in [2.24, 2.45) is 11.0 Å². The Morgan fingerprint density at radius 2 is 2.04 bits per heavy atom. The third-order valence-electron chi connectivity index (χ3n) is 3.80. The Hall–Kier alpha value is -1.62. The van der Waals surface area contributed by atoms with Crippen LogP contribution in [0, 0.1) is 5.92 Å². The monoisotopic (exact) mass is 333 g/mol. The van der Waals surface area contributed by atoms with Crippen molar-refractivity contribution in [3.05, 3.63) is 29.8 Å². The second kappa shape index (κ2) is 9.50. The number of hydrazone groups is 1. The Labute approximate surface area is 144 Å². The van der Waals surface area contributed by atoms with Crippen molar-refractivity contribution in [1.29, 1.82) is 0 Å². The van der Waals surface area contributed by atoms with Gasteiger partial charge in [-0.1, -0.05) is 45.2 Å². The van der Waals surface area contributed by atoms with Crippen LogP contribution in [0.1, 0.15) is 51.5 Å². The van der Waals surface area contributed by atoms with Crippen LogP contribution in [0.2, 0.25) is 0 Å². The molecule has 0 atom stereocenters. The summed E-state index contributed by atoms with van der Waals surface area (Å²) in [5.74, 6) is 1.34. The lowest BCUT2D eigenvalue weighted by Crippen LogP contribution is -2.40. The standard InChI is InChI=1S/C18H27N3OS/c1-14(2)13-22-17-11-7-6-8-15(17)12-19-21-18(23)20-16-9-4-3-5-10-16/h6-8,11-12,14,16H,3-5,9-10,13H2,1-2H3,(H2,20,21,23)/b19-12-. The average Bonchev–Trinajstić information content (AvgIpc) is 2.55. The molecule has 0 spiro atoms. The highest BCUT2D eigenvalue weighted by atomic mass is 32.1. The van der Waals surface area contributed by atoms with E-state index in [-0.39, 0.29) is 0 Å². The quantitative estimate of drug-likeness (QED) is 0.471. The smallest absolute Gasteiger partial charge is 0.187 e. The van der Waals surface area contributed by atoms with Gasteiger partial charge >= 0.3 is 0 Å². The SMILES string of the molecule is CC(C)COc1ccccc1/C=N\NC(=S)NC1CCCCC1. The van der Waals surface area contributed by atoms with Crippen molar-refractivity contribution in [3.63, 3.8) is 0 Å². The molecule has 23 heavy (non-hydrogen) atoms. The second-order valence-electron chi connectivity index (χ2n) is 6.42. The van der Waals surface area contributed by atoms with Gasteiger partial charge in [0.25, 0.3) is 0 Å². The number of nitrogens with one attached hydrogen (secondary N) is 2. The lowest BCUT2D eigenvalue weighted by Gasteiger charge is -2.23. The first-order chi connectivity index (χ1) is 11.1. The van der Waals surface area contributed by atoms with Crippen molar-refractivity contribution in [2.45, 2.75) is 52.0 Å². The average molecular weight is 334 g/mol. The minimum absolute atomic E-state index is 0.487. The third-order valence-corrected chi connectivity index (χ3v) is 4.01. The molecule has 5 heteroatoms. The van der Waals surface area contributed by atoms with E-state index in [0.717, 1.165) is 11.3 Å². The topological polar surface area (TPSA) is 45.6 Å². The minimum atomic E-state index is 0.487. The van der Waals surface area contributed by atoms with E-state index >= 15 is 0 Å². The molecule has 0 unspecified atom stereocenters. The first-order valence-electron chi connectivity index (χ1n) is 8.46. The van der Waals surface area contributed by atoms with Crippen LogP contribution in [0.4, 0.5) is 0 Å². The number of para-hydroxylation sites is 1. The molecule has 0 aliphatic heterocycles. The van der Waals surface area contributed by atoms with E-state index in [1.54, 1.807) is 6.21 Å². The Morgan fingerprint density at radius 1 is 1.30 bits per heavy atom. The molecule has 0 aromatic heterocycles. The fourth-order valence-corrected chi connectivity index (χ4v) is 2.82. The molecule has 0 radical (unpaired) electrons. The van der Waals surface area contributed by atoms with E-state index in [0.29, 0.717) is 23.7 Å². The molecule has 1 aliphatic carbocycles. The summed E-state index contributed by atoms with van der Waals surface area (Å²) in [5.41, 5.74) is 3.85. The number of thiocarbonyl (C=S) groups is 1. The first-order valence-corrected chi connectivity index (χ1v) is 8.87. The summed E-state index contributed by atoms with van der Waals surface area (Å²) in [6, 6.07) is 8.37. The maximum Gasteiger partial charge on any atom is 0.187 e. The van der Waals surface area contributed by atoms with E-state index in [2.05, 4.69) is 29.7 Å². The van der Waals surface area contributed by atoms with Gasteiger partial charge in [0.05, 0.1) is 12.8 Å². The number of benzene rings is 1. The van der Waals surface area contributed by atoms with Gasteiger partial charge in [-0.15, -0.1) is 0 Å².